The molecule has 0 atom stereocenters. The van der Waals surface area contributed by atoms with Crippen molar-refractivity contribution in [2.45, 2.75) is 0 Å². The average molecular weight is 208 g/mol. The maximum atomic E-state index is 10.6. The molecule has 70 valence electrons. The third-order valence-corrected chi connectivity index (χ3v) is 2.23. The lowest BCUT2D eigenvalue weighted by Gasteiger charge is -1.85. The first kappa shape index (κ1) is 8.76. The van der Waals surface area contributed by atoms with Gasteiger partial charge in [0.25, 0.3) is 15.4 Å². The summed E-state index contributed by atoms with van der Waals surface area (Å²) in [6.07, 6.45) is 0.620. The zero-order chi connectivity index (χ0) is 10.1. The molecule has 2 rings (SSSR count). The van der Waals surface area contributed by atoms with Gasteiger partial charge < -0.3 is 0 Å². The molecule has 0 N–H and O–H groups in total. The van der Waals surface area contributed by atoms with Gasteiger partial charge in [-0.3, -0.25) is 4.79 Å². The summed E-state index contributed by atoms with van der Waals surface area (Å²) in [6.45, 7) is 0. The predicted molar refractivity (Wildman–Crippen MR) is 48.1 cm³/mol. The second kappa shape index (κ2) is 3.15. The predicted octanol–water partition coefficient (Wildman–Crippen LogP) is -1.28. The smallest absolute Gasteiger partial charge is 0.277 e. The number of carbonyl (C=O) groups excluding carboxylic acids is 1. The Balaban J connectivity index is 2.96. The van der Waals surface area contributed by atoms with Crippen molar-refractivity contribution >= 4 is 21.7 Å². The van der Waals surface area contributed by atoms with Crippen LogP contribution in [-0.2, 0) is 10.3 Å². The second-order valence-corrected chi connectivity index (χ2v) is 3.41. The summed E-state index contributed by atoms with van der Waals surface area (Å²) in [5.74, 6) is 0. The van der Waals surface area contributed by atoms with Crippen LogP contribution in [0.3, 0.4) is 0 Å². The van der Waals surface area contributed by atoms with E-state index in [0.29, 0.717) is 22.6 Å². The van der Waals surface area contributed by atoms with Crippen molar-refractivity contribution in [3.8, 4) is 0 Å². The minimum atomic E-state index is -2.46. The van der Waals surface area contributed by atoms with Gasteiger partial charge in [-0.2, -0.15) is 8.42 Å². The second-order valence-electron chi connectivity index (χ2n) is 2.57. The number of carbonyl (C=O) groups is 1. The normalized spacial score (nSPS) is 12.7. The van der Waals surface area contributed by atoms with E-state index in [1.165, 1.54) is 0 Å². The monoisotopic (exact) mass is 208 g/mol. The molecule has 1 aromatic rings. The largest absolute Gasteiger partial charge is 0.298 e. The van der Waals surface area contributed by atoms with Crippen molar-refractivity contribution in [3.05, 3.63) is 34.5 Å². The van der Waals surface area contributed by atoms with E-state index >= 15 is 0 Å². The van der Waals surface area contributed by atoms with Crippen LogP contribution in [-0.4, -0.2) is 19.8 Å². The summed E-state index contributed by atoms with van der Waals surface area (Å²) in [5, 5.41) is 0.449. The zero-order valence-electron chi connectivity index (χ0n) is 6.84. The summed E-state index contributed by atoms with van der Waals surface area (Å²) in [6, 6.07) is 4.78. The van der Waals surface area contributed by atoms with Gasteiger partial charge in [-0.25, -0.2) is 9.98 Å². The molecule has 1 heterocycles. The first-order chi connectivity index (χ1) is 6.72. The van der Waals surface area contributed by atoms with Crippen molar-refractivity contribution in [2.75, 3.05) is 0 Å². The molecule has 0 aliphatic carbocycles. The minimum absolute atomic E-state index is 0.283. The Kier molecular flexibility index (Phi) is 1.97. The lowest BCUT2D eigenvalue weighted by molar-refractivity contribution is 0.112. The van der Waals surface area contributed by atoms with Crippen LogP contribution < -0.4 is 10.7 Å². The molecule has 1 aromatic carbocycles. The quantitative estimate of drug-likeness (QED) is 0.426. The van der Waals surface area contributed by atoms with E-state index < -0.39 is 10.3 Å². The third kappa shape index (κ3) is 1.25. The van der Waals surface area contributed by atoms with Gasteiger partial charge in [0, 0.05) is 5.56 Å². The first-order valence-electron chi connectivity index (χ1n) is 3.70. The molecule has 1 aliphatic heterocycles. The van der Waals surface area contributed by atoms with E-state index in [1.807, 2.05) is 0 Å². The van der Waals surface area contributed by atoms with Crippen LogP contribution in [0.4, 0.5) is 0 Å². The van der Waals surface area contributed by atoms with Gasteiger partial charge in [-0.15, -0.1) is 0 Å². The Bertz CT molecular complexity index is 650. The Morgan fingerprint density at radius 1 is 1.21 bits per heavy atom. The van der Waals surface area contributed by atoms with Crippen LogP contribution in [0.25, 0.3) is 0 Å². The lowest BCUT2D eigenvalue weighted by Crippen LogP contribution is -2.25. The summed E-state index contributed by atoms with van der Waals surface area (Å²) in [4.78, 5) is 18.0. The van der Waals surface area contributed by atoms with Crippen molar-refractivity contribution in [1.29, 1.82) is 0 Å². The highest BCUT2D eigenvalue weighted by Crippen LogP contribution is 1.88. The molecular formula is C8H4N2O3S. The number of benzene rings is 1. The molecule has 0 unspecified atom stereocenters. The van der Waals surface area contributed by atoms with E-state index in [2.05, 4.69) is 9.98 Å². The molecule has 0 saturated heterocycles. The van der Waals surface area contributed by atoms with Gasteiger partial charge in [0.1, 0.15) is 5.36 Å². The molecule has 0 amide bonds. The summed E-state index contributed by atoms with van der Waals surface area (Å²) < 4.78 is 21.1. The topological polar surface area (TPSA) is 75.9 Å². The van der Waals surface area contributed by atoms with Crippen molar-refractivity contribution < 1.29 is 13.2 Å². The van der Waals surface area contributed by atoms with Gasteiger partial charge in [-0.1, -0.05) is 6.07 Å². The van der Waals surface area contributed by atoms with Crippen molar-refractivity contribution in [1.82, 2.24) is 0 Å². The van der Waals surface area contributed by atoms with Gasteiger partial charge in [0.05, 0.1) is 5.36 Å². The summed E-state index contributed by atoms with van der Waals surface area (Å²) >= 11 is 0. The molecule has 0 aromatic heterocycles. The fourth-order valence-electron chi connectivity index (χ4n) is 1.15. The number of rotatable bonds is 1. The number of nitrogens with zero attached hydrogens (tertiary/aromatic N) is 2. The molecule has 0 radical (unpaired) electrons. The van der Waals surface area contributed by atoms with Crippen LogP contribution in [0.1, 0.15) is 10.4 Å². The third-order valence-electron chi connectivity index (χ3n) is 1.75. The Hall–Kier alpha value is -1.82. The maximum Gasteiger partial charge on any atom is 0.277 e. The highest BCUT2D eigenvalue weighted by molar-refractivity contribution is 7.72. The van der Waals surface area contributed by atoms with E-state index in [9.17, 15) is 13.2 Å². The average Bonchev–Trinajstić information content (AvgIpc) is 2.60. The highest BCUT2D eigenvalue weighted by atomic mass is 32.2. The fourth-order valence-corrected chi connectivity index (χ4v) is 1.49. The van der Waals surface area contributed by atoms with Crippen molar-refractivity contribution in [2.24, 2.45) is 9.98 Å². The van der Waals surface area contributed by atoms with Gasteiger partial charge >= 0.3 is 0 Å². The molecule has 0 fully saturated rings. The molecule has 5 nitrogen and oxygen atoms in total. The standard InChI is InChI=1S/C8H4N2O3S/c11-4-5-2-1-3-6-7(5)10-8(9-6)14(12)13/h1-4H. The van der Waals surface area contributed by atoms with Crippen LogP contribution >= 0.6 is 0 Å². The van der Waals surface area contributed by atoms with Gasteiger partial charge in [0.2, 0.25) is 0 Å². The molecule has 1 aliphatic rings. The fraction of sp³-hybridized carbons (Fsp3) is 0. The Morgan fingerprint density at radius 3 is 2.64 bits per heavy atom. The number of fused-ring (bicyclic) bond motifs is 1. The number of para-hydroxylation sites is 1. The molecular weight excluding hydrogens is 204 g/mol. The van der Waals surface area contributed by atoms with Crippen molar-refractivity contribution in [3.63, 3.8) is 0 Å². The summed E-state index contributed by atoms with van der Waals surface area (Å²) in [5.41, 5.74) is 0.340. The van der Waals surface area contributed by atoms with E-state index in [4.69, 9.17) is 0 Å². The summed E-state index contributed by atoms with van der Waals surface area (Å²) in [7, 11) is -2.46. The number of aldehydes is 1. The van der Waals surface area contributed by atoms with Crippen LogP contribution in [0.5, 0.6) is 0 Å². The van der Waals surface area contributed by atoms with E-state index in [-0.39, 0.29) is 5.11 Å². The molecule has 0 bridgehead atoms. The first-order valence-corrected chi connectivity index (χ1v) is 4.78. The van der Waals surface area contributed by atoms with E-state index in [0.717, 1.165) is 0 Å². The Morgan fingerprint density at radius 2 is 2.00 bits per heavy atom. The zero-order valence-corrected chi connectivity index (χ0v) is 7.65. The van der Waals surface area contributed by atoms with E-state index in [1.54, 1.807) is 18.2 Å². The molecule has 0 spiro atoms. The Labute approximate surface area is 80.0 Å². The SMILES string of the molecule is O=Cc1cccc2c1=NC(=S(=O)=O)N=2. The number of hydrogen-bond acceptors (Lipinski definition) is 3. The van der Waals surface area contributed by atoms with Crippen LogP contribution in [0.15, 0.2) is 28.2 Å². The van der Waals surface area contributed by atoms with Gasteiger partial charge in [-0.05, 0) is 12.1 Å². The molecule has 14 heavy (non-hydrogen) atoms. The van der Waals surface area contributed by atoms with Gasteiger partial charge in [0.15, 0.2) is 6.29 Å². The molecule has 0 saturated carbocycles. The lowest BCUT2D eigenvalue weighted by atomic mass is 10.2. The maximum absolute atomic E-state index is 10.6. The molecule has 6 heteroatoms. The number of hydrogen-bond donors (Lipinski definition) is 0. The highest BCUT2D eigenvalue weighted by Gasteiger charge is 2.07. The minimum Gasteiger partial charge on any atom is -0.298 e. The van der Waals surface area contributed by atoms with Crippen LogP contribution in [0.2, 0.25) is 0 Å². The van der Waals surface area contributed by atoms with Crippen LogP contribution in [0, 0.1) is 0 Å².